The molecule has 2 heterocycles. The summed E-state index contributed by atoms with van der Waals surface area (Å²) >= 11 is 0. The van der Waals surface area contributed by atoms with Gasteiger partial charge < -0.3 is 29.5 Å². The summed E-state index contributed by atoms with van der Waals surface area (Å²) in [5.41, 5.74) is 0. The van der Waals surface area contributed by atoms with Crippen molar-refractivity contribution < 1.29 is 29.5 Å². The summed E-state index contributed by atoms with van der Waals surface area (Å²) in [5, 5.41) is 29.2. The van der Waals surface area contributed by atoms with Crippen molar-refractivity contribution in [3.8, 4) is 0 Å². The Balaban J connectivity index is 1.55. The van der Waals surface area contributed by atoms with Crippen LogP contribution in [0.1, 0.15) is 71.1 Å². The largest absolute Gasteiger partial charge is 0.387 e. The van der Waals surface area contributed by atoms with Gasteiger partial charge in [0.1, 0.15) is 24.4 Å². The third-order valence-electron chi connectivity index (χ3n) is 4.96. The second-order valence-electron chi connectivity index (χ2n) is 7.03. The van der Waals surface area contributed by atoms with Gasteiger partial charge in [0.05, 0.1) is 6.61 Å². The van der Waals surface area contributed by atoms with E-state index in [0.717, 1.165) is 19.3 Å². The number of fused-ring (bicyclic) bond motifs is 1. The standard InChI is InChI=1S/C18H34O6/c1-2-3-4-5-6-7-8-9-10-11-14-22-12-13-17(24-14)15(19)16(20)18(21)23-13/h13-21H,2-12H2,1H3/t13-,14?,15-,16+,17-,18+/m1/s1. The molecule has 2 rings (SSSR count). The van der Waals surface area contributed by atoms with Gasteiger partial charge in [0.2, 0.25) is 0 Å². The van der Waals surface area contributed by atoms with Crippen molar-refractivity contribution in [1.29, 1.82) is 0 Å². The number of unbranched alkanes of at least 4 members (excludes halogenated alkanes) is 8. The van der Waals surface area contributed by atoms with E-state index in [1.54, 1.807) is 0 Å². The lowest BCUT2D eigenvalue weighted by atomic mass is 9.98. The predicted molar refractivity (Wildman–Crippen MR) is 89.4 cm³/mol. The summed E-state index contributed by atoms with van der Waals surface area (Å²) in [6.07, 6.45) is 6.76. The van der Waals surface area contributed by atoms with Gasteiger partial charge in [-0.15, -0.1) is 0 Å². The van der Waals surface area contributed by atoms with E-state index in [1.807, 2.05) is 0 Å². The topological polar surface area (TPSA) is 88.4 Å². The van der Waals surface area contributed by atoms with Crippen LogP contribution in [0.15, 0.2) is 0 Å². The Morgan fingerprint density at radius 1 is 0.792 bits per heavy atom. The van der Waals surface area contributed by atoms with Gasteiger partial charge in [0.25, 0.3) is 0 Å². The van der Waals surface area contributed by atoms with Gasteiger partial charge in [-0.1, -0.05) is 58.3 Å². The molecule has 0 aromatic heterocycles. The molecule has 0 aliphatic carbocycles. The SMILES string of the molecule is CCCCCCCCCCCC1OC[C@H]2O[C@H](O)[C@@H](O)[C@@H](O)[C@@H]2O1. The first-order chi connectivity index (χ1) is 11.6. The van der Waals surface area contributed by atoms with Gasteiger partial charge in [0.15, 0.2) is 12.6 Å². The molecule has 6 atom stereocenters. The molecule has 0 saturated carbocycles. The fourth-order valence-corrected chi connectivity index (χ4v) is 3.41. The minimum atomic E-state index is -1.39. The molecule has 0 radical (unpaired) electrons. The summed E-state index contributed by atoms with van der Waals surface area (Å²) in [6, 6.07) is 0. The maximum absolute atomic E-state index is 10.0. The van der Waals surface area contributed by atoms with Crippen LogP contribution in [-0.2, 0) is 14.2 Å². The zero-order chi connectivity index (χ0) is 17.4. The van der Waals surface area contributed by atoms with Gasteiger partial charge in [0, 0.05) is 0 Å². The van der Waals surface area contributed by atoms with Gasteiger partial charge in [-0.25, -0.2) is 0 Å². The molecule has 0 amide bonds. The van der Waals surface area contributed by atoms with E-state index in [0.29, 0.717) is 0 Å². The second-order valence-corrected chi connectivity index (χ2v) is 7.03. The maximum atomic E-state index is 10.0. The molecule has 0 aromatic carbocycles. The van der Waals surface area contributed by atoms with E-state index in [4.69, 9.17) is 14.2 Å². The average molecular weight is 346 g/mol. The van der Waals surface area contributed by atoms with Crippen molar-refractivity contribution >= 4 is 0 Å². The lowest BCUT2D eigenvalue weighted by Gasteiger charge is -2.45. The molecule has 24 heavy (non-hydrogen) atoms. The first-order valence-electron chi connectivity index (χ1n) is 9.60. The van der Waals surface area contributed by atoms with Crippen LogP contribution in [0.25, 0.3) is 0 Å². The third-order valence-corrected chi connectivity index (χ3v) is 4.96. The first kappa shape index (κ1) is 20.1. The monoisotopic (exact) mass is 346 g/mol. The van der Waals surface area contributed by atoms with Crippen molar-refractivity contribution in [1.82, 2.24) is 0 Å². The van der Waals surface area contributed by atoms with Gasteiger partial charge in [-0.05, 0) is 12.8 Å². The smallest absolute Gasteiger partial charge is 0.184 e. The van der Waals surface area contributed by atoms with Gasteiger partial charge >= 0.3 is 0 Å². The minimum Gasteiger partial charge on any atom is -0.387 e. The Kier molecular flexibility index (Phi) is 8.94. The van der Waals surface area contributed by atoms with Crippen LogP contribution in [0.5, 0.6) is 0 Å². The molecule has 142 valence electrons. The highest BCUT2D eigenvalue weighted by Gasteiger charge is 2.47. The molecular formula is C18H34O6. The van der Waals surface area contributed by atoms with E-state index in [9.17, 15) is 15.3 Å². The van der Waals surface area contributed by atoms with E-state index in [2.05, 4.69) is 6.92 Å². The van der Waals surface area contributed by atoms with Crippen LogP contribution < -0.4 is 0 Å². The van der Waals surface area contributed by atoms with Gasteiger partial charge in [-0.3, -0.25) is 0 Å². The summed E-state index contributed by atoms with van der Waals surface area (Å²) in [7, 11) is 0. The van der Waals surface area contributed by atoms with Crippen LogP contribution in [0.4, 0.5) is 0 Å². The molecule has 0 aromatic rings. The van der Waals surface area contributed by atoms with Crippen molar-refractivity contribution in [2.45, 2.75) is 108 Å². The summed E-state index contributed by atoms with van der Waals surface area (Å²) in [5.74, 6) is 0. The van der Waals surface area contributed by atoms with Crippen LogP contribution in [0.2, 0.25) is 0 Å². The molecule has 6 heteroatoms. The molecule has 2 aliphatic rings. The minimum absolute atomic E-state index is 0.271. The molecule has 2 fully saturated rings. The number of rotatable bonds is 10. The summed E-state index contributed by atoms with van der Waals surface area (Å²) in [6.45, 7) is 2.51. The van der Waals surface area contributed by atoms with Crippen LogP contribution in [0, 0.1) is 0 Å². The zero-order valence-electron chi connectivity index (χ0n) is 14.8. The summed E-state index contributed by atoms with van der Waals surface area (Å²) in [4.78, 5) is 0. The van der Waals surface area contributed by atoms with E-state index in [1.165, 1.54) is 44.9 Å². The Morgan fingerprint density at radius 3 is 2.08 bits per heavy atom. The molecule has 0 spiro atoms. The Bertz CT molecular complexity index is 337. The van der Waals surface area contributed by atoms with Crippen molar-refractivity contribution in [2.24, 2.45) is 0 Å². The quantitative estimate of drug-likeness (QED) is 0.525. The van der Waals surface area contributed by atoms with Crippen molar-refractivity contribution in [2.75, 3.05) is 6.61 Å². The van der Waals surface area contributed by atoms with E-state index < -0.39 is 30.7 Å². The zero-order valence-corrected chi connectivity index (χ0v) is 14.8. The van der Waals surface area contributed by atoms with Crippen molar-refractivity contribution in [3.63, 3.8) is 0 Å². The number of ether oxygens (including phenoxy) is 3. The predicted octanol–water partition coefficient (Wildman–Crippen LogP) is 2.09. The molecule has 0 bridgehead atoms. The fourth-order valence-electron chi connectivity index (χ4n) is 3.41. The molecular weight excluding hydrogens is 312 g/mol. The molecule has 1 unspecified atom stereocenters. The first-order valence-corrected chi connectivity index (χ1v) is 9.60. The molecule has 2 aliphatic heterocycles. The van der Waals surface area contributed by atoms with E-state index >= 15 is 0 Å². The number of aliphatic hydroxyl groups is 3. The highest BCUT2D eigenvalue weighted by molar-refractivity contribution is 4.91. The molecule has 6 nitrogen and oxygen atoms in total. The lowest BCUT2D eigenvalue weighted by molar-refractivity contribution is -0.352. The highest BCUT2D eigenvalue weighted by atomic mass is 16.7. The average Bonchev–Trinajstić information content (AvgIpc) is 2.59. The third kappa shape index (κ3) is 5.93. The molecule has 3 N–H and O–H groups in total. The number of aliphatic hydroxyl groups excluding tert-OH is 3. The molecule has 2 saturated heterocycles. The number of hydrogen-bond acceptors (Lipinski definition) is 6. The maximum Gasteiger partial charge on any atom is 0.184 e. The Labute approximate surface area is 145 Å². The normalized spacial score (nSPS) is 36.5. The van der Waals surface area contributed by atoms with Crippen LogP contribution in [0.3, 0.4) is 0 Å². The Hall–Kier alpha value is -0.240. The van der Waals surface area contributed by atoms with Crippen LogP contribution >= 0.6 is 0 Å². The van der Waals surface area contributed by atoms with Crippen LogP contribution in [-0.4, -0.2) is 58.9 Å². The Morgan fingerprint density at radius 2 is 1.42 bits per heavy atom. The fraction of sp³-hybridized carbons (Fsp3) is 1.00. The number of hydrogen-bond donors (Lipinski definition) is 3. The van der Waals surface area contributed by atoms with E-state index in [-0.39, 0.29) is 12.9 Å². The highest BCUT2D eigenvalue weighted by Crippen LogP contribution is 2.29. The van der Waals surface area contributed by atoms with Gasteiger partial charge in [-0.2, -0.15) is 0 Å². The lowest BCUT2D eigenvalue weighted by Crippen LogP contribution is -2.62. The van der Waals surface area contributed by atoms with Crippen molar-refractivity contribution in [3.05, 3.63) is 0 Å². The summed E-state index contributed by atoms with van der Waals surface area (Å²) < 4.78 is 16.5. The second kappa shape index (κ2) is 10.7.